The third-order valence-corrected chi connectivity index (χ3v) is 6.18. The lowest BCUT2D eigenvalue weighted by molar-refractivity contribution is -0.261. The summed E-state index contributed by atoms with van der Waals surface area (Å²) in [6.45, 7) is 0.831. The van der Waals surface area contributed by atoms with Crippen LogP contribution in [0.2, 0.25) is 0 Å². The zero-order valence-corrected chi connectivity index (χ0v) is 18.1. The van der Waals surface area contributed by atoms with Crippen LogP contribution in [0.4, 0.5) is 23.2 Å². The number of carbonyl (C=O) groups excluding carboxylic acids is 1. The zero-order chi connectivity index (χ0) is 23.9. The van der Waals surface area contributed by atoms with Crippen LogP contribution in [0.25, 0.3) is 0 Å². The molecular weight excluding hydrogens is 456 g/mol. The minimum Gasteiger partial charge on any atom is -0.496 e. The number of alkyl halides is 3. The fraction of sp³-hybridized carbons (Fsp3) is 0.400. The van der Waals surface area contributed by atoms with E-state index in [4.69, 9.17) is 9.47 Å². The van der Waals surface area contributed by atoms with Crippen LogP contribution in [0.15, 0.2) is 41.6 Å². The average Bonchev–Trinajstić information content (AvgIpc) is 3.06. The Morgan fingerprint density at radius 3 is 2.56 bits per heavy atom. The van der Waals surface area contributed by atoms with Gasteiger partial charge in [0.25, 0.3) is 5.91 Å². The van der Waals surface area contributed by atoms with Crippen molar-refractivity contribution in [3.05, 3.63) is 47.9 Å². The molecule has 1 aromatic carbocycles. The number of nitrogens with one attached hydrogen (secondary N) is 1. The SMILES string of the molecule is COc1cc(F)ccc1[C@@H]1C[C@](C)(C(F)(F)F)O[C@H]1C(=O)Nc1ccnc(S(C)(=O)=O)c1. The standard InChI is InChI=1S/C20H20F4N2O5S/c1-19(20(22,23)24)10-14(13-5-4-11(21)8-15(13)30-2)17(31-19)18(27)26-12-6-7-25-16(9-12)32(3,28)29/h4-9,14,17H,10H2,1-3H3,(H,25,26,27)/t14-,17+,19+/m0/s1. The van der Waals surface area contributed by atoms with E-state index in [-0.39, 0.29) is 22.0 Å². The zero-order valence-electron chi connectivity index (χ0n) is 17.2. The molecule has 1 saturated heterocycles. The van der Waals surface area contributed by atoms with Crippen molar-refractivity contribution in [3.8, 4) is 5.75 Å². The Labute approximate surface area is 181 Å². The number of anilines is 1. The van der Waals surface area contributed by atoms with E-state index in [1.807, 2.05) is 0 Å². The Balaban J connectivity index is 1.99. The summed E-state index contributed by atoms with van der Waals surface area (Å²) in [6.07, 6.45) is -4.94. The molecule has 1 aromatic heterocycles. The number of rotatable bonds is 5. The molecule has 0 saturated carbocycles. The second-order valence-corrected chi connectivity index (χ2v) is 9.57. The second kappa shape index (κ2) is 8.32. The van der Waals surface area contributed by atoms with E-state index >= 15 is 0 Å². The highest BCUT2D eigenvalue weighted by Crippen LogP contribution is 2.51. The average molecular weight is 476 g/mol. The number of methoxy groups -OCH3 is 1. The van der Waals surface area contributed by atoms with Gasteiger partial charge in [0.05, 0.1) is 7.11 Å². The summed E-state index contributed by atoms with van der Waals surface area (Å²) in [5.74, 6) is -2.73. The number of hydrogen-bond acceptors (Lipinski definition) is 6. The third kappa shape index (κ3) is 4.70. The van der Waals surface area contributed by atoms with Crippen molar-refractivity contribution in [1.29, 1.82) is 0 Å². The van der Waals surface area contributed by atoms with Gasteiger partial charge in [0, 0.05) is 35.7 Å². The number of nitrogens with zero attached hydrogens (tertiary/aromatic N) is 1. The number of hydrogen-bond donors (Lipinski definition) is 1. The fourth-order valence-corrected chi connectivity index (χ4v) is 4.12. The Morgan fingerprint density at radius 1 is 1.28 bits per heavy atom. The molecule has 3 atom stereocenters. The number of pyridine rings is 1. The van der Waals surface area contributed by atoms with Crippen LogP contribution in [-0.4, -0.2) is 50.6 Å². The Hall–Kier alpha value is -2.73. The van der Waals surface area contributed by atoms with E-state index in [1.165, 1.54) is 19.2 Å². The topological polar surface area (TPSA) is 94.6 Å². The van der Waals surface area contributed by atoms with Crippen molar-refractivity contribution in [1.82, 2.24) is 4.98 Å². The summed E-state index contributed by atoms with van der Waals surface area (Å²) >= 11 is 0. The molecule has 1 fully saturated rings. The molecule has 1 aliphatic rings. The maximum absolute atomic E-state index is 13.7. The molecule has 1 amide bonds. The molecule has 0 aliphatic carbocycles. The minimum absolute atomic E-state index is 0.0134. The van der Waals surface area contributed by atoms with Crippen LogP contribution in [0, 0.1) is 5.82 Å². The second-order valence-electron chi connectivity index (χ2n) is 7.61. The first-order valence-corrected chi connectivity index (χ1v) is 11.2. The van der Waals surface area contributed by atoms with Gasteiger partial charge in [-0.05, 0) is 31.5 Å². The van der Waals surface area contributed by atoms with Crippen molar-refractivity contribution in [2.75, 3.05) is 18.7 Å². The van der Waals surface area contributed by atoms with Crippen LogP contribution in [0.3, 0.4) is 0 Å². The molecule has 0 spiro atoms. The first kappa shape index (κ1) is 23.9. The number of amides is 1. The molecule has 2 aromatic rings. The Morgan fingerprint density at radius 2 is 1.97 bits per heavy atom. The van der Waals surface area contributed by atoms with Gasteiger partial charge in [0.15, 0.2) is 20.5 Å². The lowest BCUT2D eigenvalue weighted by atomic mass is 9.86. The van der Waals surface area contributed by atoms with Crippen molar-refractivity contribution in [2.45, 2.75) is 42.2 Å². The number of halogens is 4. The van der Waals surface area contributed by atoms with E-state index in [9.17, 15) is 30.8 Å². The van der Waals surface area contributed by atoms with E-state index in [1.54, 1.807) is 0 Å². The normalized spacial score (nSPS) is 23.7. The number of benzene rings is 1. The summed E-state index contributed by atoms with van der Waals surface area (Å²) < 4.78 is 88.4. The lowest BCUT2D eigenvalue weighted by Gasteiger charge is -2.27. The number of sulfone groups is 1. The van der Waals surface area contributed by atoms with Crippen LogP contribution in [0.5, 0.6) is 5.75 Å². The van der Waals surface area contributed by atoms with Gasteiger partial charge in [-0.2, -0.15) is 13.2 Å². The van der Waals surface area contributed by atoms with Crippen molar-refractivity contribution >= 4 is 21.4 Å². The van der Waals surface area contributed by atoms with Crippen LogP contribution >= 0.6 is 0 Å². The quantitative estimate of drug-likeness (QED) is 0.665. The molecule has 1 aliphatic heterocycles. The molecule has 3 rings (SSSR count). The lowest BCUT2D eigenvalue weighted by Crippen LogP contribution is -2.43. The molecule has 0 radical (unpaired) electrons. The molecule has 7 nitrogen and oxygen atoms in total. The van der Waals surface area contributed by atoms with E-state index in [2.05, 4.69) is 10.3 Å². The smallest absolute Gasteiger partial charge is 0.417 e. The first-order chi connectivity index (χ1) is 14.7. The van der Waals surface area contributed by atoms with E-state index in [0.29, 0.717) is 0 Å². The highest BCUT2D eigenvalue weighted by molar-refractivity contribution is 7.90. The molecule has 174 valence electrons. The van der Waals surface area contributed by atoms with E-state index in [0.717, 1.165) is 37.6 Å². The van der Waals surface area contributed by atoms with Gasteiger partial charge >= 0.3 is 6.18 Å². The van der Waals surface area contributed by atoms with Gasteiger partial charge in [-0.25, -0.2) is 17.8 Å². The van der Waals surface area contributed by atoms with Crippen molar-refractivity contribution in [3.63, 3.8) is 0 Å². The molecule has 0 unspecified atom stereocenters. The third-order valence-electron chi connectivity index (χ3n) is 5.20. The van der Waals surface area contributed by atoms with Gasteiger partial charge in [-0.15, -0.1) is 0 Å². The largest absolute Gasteiger partial charge is 0.496 e. The summed E-state index contributed by atoms with van der Waals surface area (Å²) in [5, 5.41) is 2.06. The fourth-order valence-electron chi connectivity index (χ4n) is 3.52. The van der Waals surface area contributed by atoms with Crippen molar-refractivity contribution in [2.24, 2.45) is 0 Å². The molecule has 0 bridgehead atoms. The van der Waals surface area contributed by atoms with Gasteiger partial charge in [-0.3, -0.25) is 4.79 Å². The van der Waals surface area contributed by atoms with E-state index < -0.39 is 51.8 Å². The van der Waals surface area contributed by atoms with Gasteiger partial charge in [0.1, 0.15) is 17.7 Å². The number of ether oxygens (including phenoxy) is 2. The van der Waals surface area contributed by atoms with Gasteiger partial charge in [0.2, 0.25) is 0 Å². The minimum atomic E-state index is -4.78. The van der Waals surface area contributed by atoms with Crippen LogP contribution in [-0.2, 0) is 19.4 Å². The molecule has 1 N–H and O–H groups in total. The molecule has 12 heteroatoms. The number of aromatic nitrogens is 1. The summed E-state index contributed by atoms with van der Waals surface area (Å²) in [5.41, 5.74) is -2.46. The van der Waals surface area contributed by atoms with Gasteiger partial charge in [-0.1, -0.05) is 6.07 Å². The Bertz CT molecular complexity index is 1140. The molecular formula is C20H20F4N2O5S. The summed E-state index contributed by atoms with van der Waals surface area (Å²) in [6, 6.07) is 5.68. The van der Waals surface area contributed by atoms with Crippen LogP contribution in [0.1, 0.15) is 24.8 Å². The highest BCUT2D eigenvalue weighted by Gasteiger charge is 2.61. The molecule has 32 heavy (non-hydrogen) atoms. The maximum atomic E-state index is 13.7. The monoisotopic (exact) mass is 476 g/mol. The predicted octanol–water partition coefficient (Wildman–Crippen LogP) is 3.47. The van der Waals surface area contributed by atoms with Crippen LogP contribution < -0.4 is 10.1 Å². The highest BCUT2D eigenvalue weighted by atomic mass is 32.2. The number of carbonyl (C=O) groups is 1. The first-order valence-electron chi connectivity index (χ1n) is 9.30. The predicted molar refractivity (Wildman–Crippen MR) is 106 cm³/mol. The molecule has 2 heterocycles. The van der Waals surface area contributed by atoms with Gasteiger partial charge < -0.3 is 14.8 Å². The Kier molecular flexibility index (Phi) is 6.22. The summed E-state index contributed by atoms with van der Waals surface area (Å²) in [7, 11) is -2.45. The van der Waals surface area contributed by atoms with Crippen molar-refractivity contribution < 1.29 is 40.2 Å². The maximum Gasteiger partial charge on any atom is 0.417 e. The summed E-state index contributed by atoms with van der Waals surface area (Å²) in [4.78, 5) is 16.6.